The number of carbonyl (C=O) groups excluding carboxylic acids is 1. The number of carbonyl (C=O) groups is 1. The normalized spacial score (nSPS) is 15.2. The van der Waals surface area contributed by atoms with Crippen LogP contribution in [0.4, 0.5) is 0 Å². The van der Waals surface area contributed by atoms with Gasteiger partial charge in [0.25, 0.3) is 0 Å². The third kappa shape index (κ3) is 4.95. The first-order valence-electron chi connectivity index (χ1n) is 11.1. The van der Waals surface area contributed by atoms with Crippen molar-refractivity contribution < 1.29 is 23.7 Å². The largest absolute Gasteiger partial charge is 0.497 e. The van der Waals surface area contributed by atoms with Crippen LogP contribution in [0.25, 0.3) is 11.4 Å². The number of benzene rings is 2. The molecule has 1 aliphatic rings. The molecule has 35 heavy (non-hydrogen) atoms. The minimum Gasteiger partial charge on any atom is -0.497 e. The molecule has 11 heteroatoms. The van der Waals surface area contributed by atoms with Crippen LogP contribution in [0.5, 0.6) is 23.0 Å². The summed E-state index contributed by atoms with van der Waals surface area (Å²) >= 11 is 1.25. The summed E-state index contributed by atoms with van der Waals surface area (Å²) in [5, 5.41) is 8.85. The van der Waals surface area contributed by atoms with Gasteiger partial charge in [0.15, 0.2) is 5.82 Å². The van der Waals surface area contributed by atoms with Gasteiger partial charge in [0.05, 0.1) is 45.8 Å². The second kappa shape index (κ2) is 10.8. The molecule has 0 radical (unpaired) electrons. The van der Waals surface area contributed by atoms with E-state index in [1.807, 2.05) is 23.1 Å². The van der Waals surface area contributed by atoms with E-state index in [4.69, 9.17) is 24.8 Å². The van der Waals surface area contributed by atoms with E-state index in [9.17, 15) is 4.79 Å². The minimum atomic E-state index is -0.0805. The maximum atomic E-state index is 13.2. The summed E-state index contributed by atoms with van der Waals surface area (Å²) in [7, 11) is 6.40. The molecule has 0 spiro atoms. The molecule has 1 aromatic heterocycles. The van der Waals surface area contributed by atoms with Gasteiger partial charge in [-0.1, -0.05) is 11.8 Å². The molecular weight excluding hydrogens is 470 g/mol. The van der Waals surface area contributed by atoms with Crippen molar-refractivity contribution in [2.45, 2.75) is 24.0 Å². The van der Waals surface area contributed by atoms with Gasteiger partial charge in [-0.05, 0) is 43.2 Å². The molecule has 0 aliphatic carbocycles. The van der Waals surface area contributed by atoms with Gasteiger partial charge >= 0.3 is 0 Å². The standard InChI is InChI=1S/C24H29N5O5S/c1-31-15-8-10-20(33-3)18(12-15)19-6-5-11-28(19)22(30)14-35-24-27-26-23(29(24)25)17-9-7-16(32-2)13-21(17)34-4/h7-10,12-13,19H,5-6,11,14,25H2,1-4H3. The lowest BCUT2D eigenvalue weighted by Crippen LogP contribution is -2.32. The fourth-order valence-corrected chi connectivity index (χ4v) is 4.98. The molecule has 1 aliphatic heterocycles. The Balaban J connectivity index is 1.49. The number of aromatic nitrogens is 3. The van der Waals surface area contributed by atoms with Crippen LogP contribution < -0.4 is 24.8 Å². The number of hydrogen-bond acceptors (Lipinski definition) is 9. The predicted molar refractivity (Wildman–Crippen MR) is 133 cm³/mol. The SMILES string of the molecule is COc1ccc(-c2nnc(SCC(=O)N3CCCC3c3cc(OC)ccc3OC)n2N)c(OC)c1. The Morgan fingerprint density at radius 2 is 1.71 bits per heavy atom. The number of ether oxygens (including phenoxy) is 4. The number of likely N-dealkylation sites (tertiary alicyclic amines) is 1. The molecular formula is C24H29N5O5S. The Labute approximate surface area is 208 Å². The van der Waals surface area contributed by atoms with Crippen molar-refractivity contribution in [2.24, 2.45) is 0 Å². The third-order valence-corrected chi connectivity index (χ3v) is 6.94. The quantitative estimate of drug-likeness (QED) is 0.350. The van der Waals surface area contributed by atoms with Gasteiger partial charge in [-0.15, -0.1) is 10.2 Å². The molecule has 4 rings (SSSR count). The van der Waals surface area contributed by atoms with Gasteiger partial charge in [-0.25, -0.2) is 4.68 Å². The molecule has 10 nitrogen and oxygen atoms in total. The number of nitrogen functional groups attached to an aromatic ring is 1. The number of nitrogens with two attached hydrogens (primary N) is 1. The topological polar surface area (TPSA) is 114 Å². The summed E-state index contributed by atoms with van der Waals surface area (Å²) in [6.07, 6.45) is 1.77. The van der Waals surface area contributed by atoms with Crippen LogP contribution in [-0.4, -0.2) is 66.4 Å². The van der Waals surface area contributed by atoms with Crippen LogP contribution in [0.1, 0.15) is 24.4 Å². The zero-order chi connectivity index (χ0) is 24.9. The average molecular weight is 500 g/mol. The molecule has 3 aromatic rings. The van der Waals surface area contributed by atoms with Crippen LogP contribution in [-0.2, 0) is 4.79 Å². The Morgan fingerprint density at radius 1 is 1.00 bits per heavy atom. The molecule has 1 saturated heterocycles. The second-order valence-corrected chi connectivity index (χ2v) is 8.83. The summed E-state index contributed by atoms with van der Waals surface area (Å²) < 4.78 is 23.0. The molecule has 186 valence electrons. The molecule has 1 fully saturated rings. The van der Waals surface area contributed by atoms with E-state index in [-0.39, 0.29) is 17.7 Å². The third-order valence-electron chi connectivity index (χ3n) is 6.01. The van der Waals surface area contributed by atoms with Gasteiger partial charge in [0, 0.05) is 18.2 Å². The Morgan fingerprint density at radius 3 is 2.43 bits per heavy atom. The van der Waals surface area contributed by atoms with E-state index in [2.05, 4.69) is 10.2 Å². The summed E-state index contributed by atoms with van der Waals surface area (Å²) in [5.74, 6) is 9.57. The highest BCUT2D eigenvalue weighted by atomic mass is 32.2. The second-order valence-electron chi connectivity index (χ2n) is 7.88. The van der Waals surface area contributed by atoms with Crippen molar-refractivity contribution in [2.75, 3.05) is 46.6 Å². The van der Waals surface area contributed by atoms with Crippen molar-refractivity contribution in [3.8, 4) is 34.4 Å². The van der Waals surface area contributed by atoms with Crippen LogP contribution in [0.2, 0.25) is 0 Å². The predicted octanol–water partition coefficient (Wildman–Crippen LogP) is 3.15. The summed E-state index contributed by atoms with van der Waals surface area (Å²) in [6.45, 7) is 0.675. The van der Waals surface area contributed by atoms with E-state index in [0.717, 1.165) is 29.9 Å². The van der Waals surface area contributed by atoms with Gasteiger partial charge in [-0.2, -0.15) is 0 Å². The summed E-state index contributed by atoms with van der Waals surface area (Å²) in [5.41, 5.74) is 1.62. The lowest BCUT2D eigenvalue weighted by Gasteiger charge is -2.26. The lowest BCUT2D eigenvalue weighted by atomic mass is 10.0. The number of rotatable bonds is 9. The van der Waals surface area contributed by atoms with Gasteiger partial charge in [0.2, 0.25) is 11.1 Å². The Kier molecular flexibility index (Phi) is 7.54. The maximum absolute atomic E-state index is 13.2. The number of thioether (sulfide) groups is 1. The van der Waals surface area contributed by atoms with Crippen LogP contribution in [0, 0.1) is 0 Å². The van der Waals surface area contributed by atoms with Gasteiger partial charge < -0.3 is 29.7 Å². The molecule has 2 aromatic carbocycles. The number of methoxy groups -OCH3 is 4. The van der Waals surface area contributed by atoms with E-state index >= 15 is 0 Å². The number of amides is 1. The summed E-state index contributed by atoms with van der Waals surface area (Å²) in [6, 6.07) is 10.9. The first-order chi connectivity index (χ1) is 17.0. The molecule has 0 bridgehead atoms. The number of hydrogen-bond donors (Lipinski definition) is 1. The average Bonchev–Trinajstić information content (AvgIpc) is 3.53. The van der Waals surface area contributed by atoms with Crippen LogP contribution >= 0.6 is 11.8 Å². The Bertz CT molecular complexity index is 1200. The first kappa shape index (κ1) is 24.5. The van der Waals surface area contributed by atoms with Crippen molar-refractivity contribution in [1.29, 1.82) is 0 Å². The van der Waals surface area contributed by atoms with Crippen molar-refractivity contribution >= 4 is 17.7 Å². The lowest BCUT2D eigenvalue weighted by molar-refractivity contribution is -0.129. The molecule has 2 heterocycles. The van der Waals surface area contributed by atoms with Crippen molar-refractivity contribution in [3.05, 3.63) is 42.0 Å². The van der Waals surface area contributed by atoms with E-state index in [1.165, 1.54) is 16.4 Å². The fraction of sp³-hybridized carbons (Fsp3) is 0.375. The number of nitrogens with zero attached hydrogens (tertiary/aromatic N) is 4. The molecule has 1 unspecified atom stereocenters. The van der Waals surface area contributed by atoms with Crippen molar-refractivity contribution in [1.82, 2.24) is 19.8 Å². The highest BCUT2D eigenvalue weighted by molar-refractivity contribution is 7.99. The first-order valence-corrected chi connectivity index (χ1v) is 12.1. The highest BCUT2D eigenvalue weighted by Gasteiger charge is 2.32. The van der Waals surface area contributed by atoms with Crippen molar-refractivity contribution in [3.63, 3.8) is 0 Å². The molecule has 0 saturated carbocycles. The molecule has 1 amide bonds. The van der Waals surface area contributed by atoms with Crippen LogP contribution in [0.15, 0.2) is 41.6 Å². The fourth-order valence-electron chi connectivity index (χ4n) is 4.24. The monoisotopic (exact) mass is 499 g/mol. The van der Waals surface area contributed by atoms with Crippen LogP contribution in [0.3, 0.4) is 0 Å². The van der Waals surface area contributed by atoms with Gasteiger partial charge in [0.1, 0.15) is 23.0 Å². The minimum absolute atomic E-state index is 0.00560. The zero-order valence-corrected chi connectivity index (χ0v) is 21.0. The smallest absolute Gasteiger partial charge is 0.233 e. The van der Waals surface area contributed by atoms with Gasteiger partial charge in [-0.3, -0.25) is 4.79 Å². The zero-order valence-electron chi connectivity index (χ0n) is 20.2. The summed E-state index contributed by atoms with van der Waals surface area (Å²) in [4.78, 5) is 15.1. The van der Waals surface area contributed by atoms with E-state index in [0.29, 0.717) is 34.6 Å². The maximum Gasteiger partial charge on any atom is 0.233 e. The molecule has 2 N–H and O–H groups in total. The Hall–Kier alpha value is -3.60. The van der Waals surface area contributed by atoms with E-state index < -0.39 is 0 Å². The molecule has 1 atom stereocenters. The van der Waals surface area contributed by atoms with E-state index in [1.54, 1.807) is 46.6 Å². The highest BCUT2D eigenvalue weighted by Crippen LogP contribution is 2.39.